The highest BCUT2D eigenvalue weighted by molar-refractivity contribution is 6.31. The van der Waals surface area contributed by atoms with E-state index in [4.69, 9.17) is 16.3 Å². The Morgan fingerprint density at radius 2 is 2.04 bits per heavy atom. The molecule has 1 N–H and O–H groups in total. The zero-order valence-electron chi connectivity index (χ0n) is 14.9. The topological polar surface area (TPSA) is 70.6 Å². The molecule has 0 saturated carbocycles. The Hall–Kier alpha value is -2.38. The maximum absolute atomic E-state index is 12.7. The first kappa shape index (κ1) is 18.4. The highest BCUT2D eigenvalue weighted by Gasteiger charge is 2.22. The summed E-state index contributed by atoms with van der Waals surface area (Å²) in [5, 5.41) is 3.63. The van der Waals surface area contributed by atoms with Gasteiger partial charge in [0.25, 0.3) is 5.91 Å². The molecule has 2 aromatic rings. The molecular formula is C18H22ClN5O2. The number of likely N-dealkylation sites (N-methyl/N-ethyl adjacent to an activating group) is 1. The molecule has 0 aliphatic carbocycles. The van der Waals surface area contributed by atoms with Crippen LogP contribution in [0.4, 0.5) is 11.6 Å². The second kappa shape index (κ2) is 8.33. The van der Waals surface area contributed by atoms with Gasteiger partial charge in [0.2, 0.25) is 5.95 Å². The van der Waals surface area contributed by atoms with Crippen LogP contribution in [-0.2, 0) is 0 Å². The molecule has 1 fully saturated rings. The van der Waals surface area contributed by atoms with Crippen LogP contribution in [0.5, 0.6) is 5.75 Å². The Bertz CT molecular complexity index is 778. The van der Waals surface area contributed by atoms with E-state index in [2.05, 4.69) is 27.1 Å². The van der Waals surface area contributed by atoms with Crippen LogP contribution in [-0.4, -0.2) is 65.5 Å². The predicted molar refractivity (Wildman–Crippen MR) is 101 cm³/mol. The summed E-state index contributed by atoms with van der Waals surface area (Å²) in [5.41, 5.74) is 1.01. The van der Waals surface area contributed by atoms with Crippen molar-refractivity contribution in [1.29, 1.82) is 0 Å². The summed E-state index contributed by atoms with van der Waals surface area (Å²) in [5.74, 6) is 0.860. The SMILES string of the molecule is CCN1CCN(C(=O)c2ccnc(Nc3cc(Cl)ccc3OC)n2)CC1. The maximum Gasteiger partial charge on any atom is 0.272 e. The van der Waals surface area contributed by atoms with Crippen molar-refractivity contribution in [3.8, 4) is 5.75 Å². The number of aromatic nitrogens is 2. The molecule has 1 amide bonds. The number of carbonyl (C=O) groups excluding carboxylic acids is 1. The summed E-state index contributed by atoms with van der Waals surface area (Å²) in [6.45, 7) is 6.33. The molecule has 1 saturated heterocycles. The Balaban J connectivity index is 1.74. The largest absolute Gasteiger partial charge is 0.495 e. The van der Waals surface area contributed by atoms with Crippen LogP contribution < -0.4 is 10.1 Å². The van der Waals surface area contributed by atoms with Gasteiger partial charge in [-0.25, -0.2) is 9.97 Å². The van der Waals surface area contributed by atoms with Crippen molar-refractivity contribution in [2.24, 2.45) is 0 Å². The summed E-state index contributed by atoms with van der Waals surface area (Å²) in [6, 6.07) is 6.85. The van der Waals surface area contributed by atoms with Crippen molar-refractivity contribution in [2.75, 3.05) is 45.2 Å². The number of hydrogen-bond donors (Lipinski definition) is 1. The lowest BCUT2D eigenvalue weighted by Crippen LogP contribution is -2.48. The number of methoxy groups -OCH3 is 1. The molecule has 1 aromatic heterocycles. The van der Waals surface area contributed by atoms with Gasteiger partial charge in [0.15, 0.2) is 0 Å². The van der Waals surface area contributed by atoms with Gasteiger partial charge in [0, 0.05) is 37.4 Å². The summed E-state index contributed by atoms with van der Waals surface area (Å²) in [6.07, 6.45) is 1.57. The van der Waals surface area contributed by atoms with Crippen LogP contribution in [0.3, 0.4) is 0 Å². The van der Waals surface area contributed by atoms with Crippen molar-refractivity contribution < 1.29 is 9.53 Å². The third-order valence-corrected chi connectivity index (χ3v) is 4.62. The van der Waals surface area contributed by atoms with E-state index in [9.17, 15) is 4.79 Å². The Morgan fingerprint density at radius 3 is 2.73 bits per heavy atom. The van der Waals surface area contributed by atoms with E-state index >= 15 is 0 Å². The van der Waals surface area contributed by atoms with Gasteiger partial charge in [0.05, 0.1) is 12.8 Å². The lowest BCUT2D eigenvalue weighted by molar-refractivity contribution is 0.0637. The molecule has 7 nitrogen and oxygen atoms in total. The fourth-order valence-corrected chi connectivity index (χ4v) is 3.04. The van der Waals surface area contributed by atoms with Crippen LogP contribution in [0.15, 0.2) is 30.5 Å². The van der Waals surface area contributed by atoms with Gasteiger partial charge >= 0.3 is 0 Å². The van der Waals surface area contributed by atoms with Gasteiger partial charge in [-0.2, -0.15) is 0 Å². The average molecular weight is 376 g/mol. The molecule has 2 heterocycles. The summed E-state index contributed by atoms with van der Waals surface area (Å²) in [4.78, 5) is 25.4. The number of nitrogens with one attached hydrogen (secondary N) is 1. The second-order valence-electron chi connectivity index (χ2n) is 5.96. The van der Waals surface area contributed by atoms with Crippen molar-refractivity contribution in [3.05, 3.63) is 41.2 Å². The molecular weight excluding hydrogens is 354 g/mol. The van der Waals surface area contributed by atoms with E-state index in [1.807, 2.05) is 4.90 Å². The van der Waals surface area contributed by atoms with Crippen molar-refractivity contribution in [2.45, 2.75) is 6.92 Å². The quantitative estimate of drug-likeness (QED) is 0.866. The predicted octanol–water partition coefficient (Wildman–Crippen LogP) is 2.66. The molecule has 26 heavy (non-hydrogen) atoms. The third-order valence-electron chi connectivity index (χ3n) is 4.39. The summed E-state index contributed by atoms with van der Waals surface area (Å²) in [7, 11) is 1.57. The van der Waals surface area contributed by atoms with E-state index in [1.54, 1.807) is 37.6 Å². The highest BCUT2D eigenvalue weighted by Crippen LogP contribution is 2.29. The molecule has 1 aliphatic rings. The number of anilines is 2. The Kier molecular flexibility index (Phi) is 5.90. The van der Waals surface area contributed by atoms with Crippen LogP contribution in [0.1, 0.15) is 17.4 Å². The van der Waals surface area contributed by atoms with Gasteiger partial charge in [-0.3, -0.25) is 4.79 Å². The van der Waals surface area contributed by atoms with Crippen molar-refractivity contribution in [3.63, 3.8) is 0 Å². The Morgan fingerprint density at radius 1 is 1.27 bits per heavy atom. The first-order chi connectivity index (χ1) is 12.6. The minimum absolute atomic E-state index is 0.0794. The van der Waals surface area contributed by atoms with E-state index < -0.39 is 0 Å². The number of nitrogens with zero attached hydrogens (tertiary/aromatic N) is 4. The average Bonchev–Trinajstić information content (AvgIpc) is 2.68. The van der Waals surface area contributed by atoms with E-state index in [0.29, 0.717) is 41.2 Å². The van der Waals surface area contributed by atoms with Gasteiger partial charge in [-0.15, -0.1) is 0 Å². The number of piperazine rings is 1. The van der Waals surface area contributed by atoms with Crippen molar-refractivity contribution in [1.82, 2.24) is 19.8 Å². The van der Waals surface area contributed by atoms with Gasteiger partial charge in [0.1, 0.15) is 11.4 Å². The molecule has 1 aliphatic heterocycles. The second-order valence-corrected chi connectivity index (χ2v) is 6.40. The molecule has 3 rings (SSSR count). The lowest BCUT2D eigenvalue weighted by atomic mass is 10.2. The number of ether oxygens (including phenoxy) is 1. The lowest BCUT2D eigenvalue weighted by Gasteiger charge is -2.33. The van der Waals surface area contributed by atoms with Crippen LogP contribution in [0, 0.1) is 0 Å². The van der Waals surface area contributed by atoms with E-state index in [1.165, 1.54) is 0 Å². The number of halogens is 1. The van der Waals surface area contributed by atoms with Crippen LogP contribution in [0.25, 0.3) is 0 Å². The summed E-state index contributed by atoms with van der Waals surface area (Å²) < 4.78 is 5.31. The fourth-order valence-electron chi connectivity index (χ4n) is 2.87. The van der Waals surface area contributed by atoms with E-state index in [0.717, 1.165) is 19.6 Å². The molecule has 0 atom stereocenters. The number of benzene rings is 1. The maximum atomic E-state index is 12.7. The molecule has 1 aromatic carbocycles. The zero-order valence-corrected chi connectivity index (χ0v) is 15.7. The molecule has 8 heteroatoms. The summed E-state index contributed by atoms with van der Waals surface area (Å²) >= 11 is 6.05. The smallest absolute Gasteiger partial charge is 0.272 e. The first-order valence-corrected chi connectivity index (χ1v) is 8.93. The monoisotopic (exact) mass is 375 g/mol. The Labute approximate surface area is 157 Å². The number of hydrogen-bond acceptors (Lipinski definition) is 6. The number of carbonyl (C=O) groups is 1. The number of amides is 1. The van der Waals surface area contributed by atoms with Gasteiger partial charge < -0.3 is 19.9 Å². The molecule has 0 bridgehead atoms. The highest BCUT2D eigenvalue weighted by atomic mass is 35.5. The fraction of sp³-hybridized carbons (Fsp3) is 0.389. The van der Waals surface area contributed by atoms with Crippen molar-refractivity contribution >= 4 is 29.1 Å². The van der Waals surface area contributed by atoms with Crippen LogP contribution in [0.2, 0.25) is 5.02 Å². The van der Waals surface area contributed by atoms with Crippen LogP contribution >= 0.6 is 11.6 Å². The minimum atomic E-state index is -0.0794. The van der Waals surface area contributed by atoms with Gasteiger partial charge in [-0.05, 0) is 30.8 Å². The molecule has 0 unspecified atom stereocenters. The molecule has 0 spiro atoms. The zero-order chi connectivity index (χ0) is 18.5. The number of rotatable bonds is 5. The van der Waals surface area contributed by atoms with E-state index in [-0.39, 0.29) is 5.91 Å². The standard InChI is InChI=1S/C18H22ClN5O2/c1-3-23-8-10-24(11-9-23)17(25)14-6-7-20-18(21-14)22-15-12-13(19)4-5-16(15)26-2/h4-7,12H,3,8-11H2,1-2H3,(H,20,21,22). The minimum Gasteiger partial charge on any atom is -0.495 e. The molecule has 138 valence electrons. The molecule has 0 radical (unpaired) electrons. The normalized spacial score (nSPS) is 15.0. The third kappa shape index (κ3) is 4.23. The van der Waals surface area contributed by atoms with Gasteiger partial charge in [-0.1, -0.05) is 18.5 Å². The first-order valence-electron chi connectivity index (χ1n) is 8.56.